The van der Waals surface area contributed by atoms with Crippen molar-refractivity contribution in [2.75, 3.05) is 7.11 Å². The summed E-state index contributed by atoms with van der Waals surface area (Å²) in [6.45, 7) is 0.431. The van der Waals surface area contributed by atoms with Crippen molar-refractivity contribution in [2.24, 2.45) is 0 Å². The molecule has 3 heterocycles. The van der Waals surface area contributed by atoms with Gasteiger partial charge in [0.15, 0.2) is 0 Å². The van der Waals surface area contributed by atoms with Crippen LogP contribution >= 0.6 is 11.8 Å². The van der Waals surface area contributed by atoms with Crippen LogP contribution in [0.5, 0.6) is 0 Å². The second-order valence-corrected chi connectivity index (χ2v) is 7.75. The predicted molar refractivity (Wildman–Crippen MR) is 108 cm³/mol. The molecule has 0 N–H and O–H groups in total. The number of hydrogen-bond donors (Lipinski definition) is 0. The number of pyridine rings is 1. The van der Waals surface area contributed by atoms with E-state index in [0.717, 1.165) is 47.7 Å². The first-order valence-corrected chi connectivity index (χ1v) is 10.5. The Balaban J connectivity index is 1.59. The van der Waals surface area contributed by atoms with Gasteiger partial charge in [0.05, 0.1) is 25.1 Å². The minimum absolute atomic E-state index is 0.170. The number of fused-ring (bicyclic) bond motifs is 1. The van der Waals surface area contributed by atoms with E-state index in [2.05, 4.69) is 14.7 Å². The highest BCUT2D eigenvalue weighted by Crippen LogP contribution is 2.31. The Morgan fingerprint density at radius 3 is 2.90 bits per heavy atom. The van der Waals surface area contributed by atoms with Crippen molar-refractivity contribution in [2.45, 2.75) is 43.0 Å². The summed E-state index contributed by atoms with van der Waals surface area (Å²) in [5.74, 6) is 0.789. The average molecular weight is 411 g/mol. The van der Waals surface area contributed by atoms with E-state index < -0.39 is 5.97 Å². The number of aromatic nitrogens is 3. The number of esters is 1. The van der Waals surface area contributed by atoms with E-state index >= 15 is 0 Å². The molecule has 0 unspecified atom stereocenters. The molecular formula is C21H21N3O4S. The Morgan fingerprint density at radius 1 is 1.24 bits per heavy atom. The quantitative estimate of drug-likeness (QED) is 0.350. The molecule has 4 rings (SSSR count). The van der Waals surface area contributed by atoms with E-state index in [1.165, 1.54) is 18.9 Å². The Kier molecular flexibility index (Phi) is 5.80. The van der Waals surface area contributed by atoms with E-state index in [9.17, 15) is 9.59 Å². The lowest BCUT2D eigenvalue weighted by molar-refractivity contribution is 0.0563. The summed E-state index contributed by atoms with van der Waals surface area (Å²) in [4.78, 5) is 33.0. The minimum Gasteiger partial charge on any atom is -0.463 e. The highest BCUT2D eigenvalue weighted by Gasteiger charge is 2.21. The van der Waals surface area contributed by atoms with Crippen LogP contribution in [0.2, 0.25) is 0 Å². The zero-order valence-corrected chi connectivity index (χ0v) is 16.9. The molecule has 0 radical (unpaired) electrons. The van der Waals surface area contributed by atoms with Crippen molar-refractivity contribution < 1.29 is 13.9 Å². The Hall–Kier alpha value is -2.87. The van der Waals surface area contributed by atoms with Gasteiger partial charge in [-0.15, -0.1) is 0 Å². The van der Waals surface area contributed by atoms with Crippen LogP contribution in [0.25, 0.3) is 0 Å². The third-order valence-electron chi connectivity index (χ3n) is 4.90. The fourth-order valence-corrected chi connectivity index (χ4v) is 4.46. The van der Waals surface area contributed by atoms with Crippen molar-refractivity contribution in [1.82, 2.24) is 14.5 Å². The van der Waals surface area contributed by atoms with Gasteiger partial charge in [-0.2, -0.15) is 4.98 Å². The molecule has 0 amide bonds. The van der Waals surface area contributed by atoms with E-state index in [0.29, 0.717) is 18.1 Å². The Bertz CT molecular complexity index is 1080. The summed E-state index contributed by atoms with van der Waals surface area (Å²) in [6.07, 6.45) is 5.64. The number of methoxy groups -OCH3 is 1. The van der Waals surface area contributed by atoms with Gasteiger partial charge < -0.3 is 9.15 Å². The van der Waals surface area contributed by atoms with Gasteiger partial charge in [-0.25, -0.2) is 9.59 Å². The monoisotopic (exact) mass is 411 g/mol. The SMILES string of the molecule is COC(=O)c1ccc(CSc2nc(=O)n(Cc3ccccn3)c3c2CCCC3)o1. The molecule has 150 valence electrons. The average Bonchev–Trinajstić information content (AvgIpc) is 3.24. The zero-order valence-electron chi connectivity index (χ0n) is 16.1. The number of ether oxygens (including phenoxy) is 1. The van der Waals surface area contributed by atoms with Gasteiger partial charge in [-0.05, 0) is 49.9 Å². The van der Waals surface area contributed by atoms with E-state index in [1.807, 2.05) is 18.2 Å². The molecule has 1 aliphatic carbocycles. The summed E-state index contributed by atoms with van der Waals surface area (Å²) in [6, 6.07) is 9.03. The van der Waals surface area contributed by atoms with E-state index in [4.69, 9.17) is 4.42 Å². The van der Waals surface area contributed by atoms with Crippen LogP contribution in [0, 0.1) is 0 Å². The number of furan rings is 1. The maximum atomic E-state index is 12.8. The molecule has 0 saturated heterocycles. The lowest BCUT2D eigenvalue weighted by atomic mass is 9.97. The maximum absolute atomic E-state index is 12.8. The normalized spacial score (nSPS) is 13.1. The highest BCUT2D eigenvalue weighted by molar-refractivity contribution is 7.98. The molecule has 0 saturated carbocycles. The topological polar surface area (TPSA) is 87.2 Å². The third-order valence-corrected chi connectivity index (χ3v) is 5.94. The summed E-state index contributed by atoms with van der Waals surface area (Å²) in [5, 5.41) is 0.748. The van der Waals surface area contributed by atoms with E-state index in [-0.39, 0.29) is 11.4 Å². The van der Waals surface area contributed by atoms with Gasteiger partial charge in [0.25, 0.3) is 0 Å². The first kappa shape index (κ1) is 19.4. The van der Waals surface area contributed by atoms with Crippen LogP contribution in [0.3, 0.4) is 0 Å². The number of thioether (sulfide) groups is 1. The predicted octanol–water partition coefficient (Wildman–Crippen LogP) is 3.24. The van der Waals surface area contributed by atoms with Crippen LogP contribution in [-0.2, 0) is 29.9 Å². The largest absolute Gasteiger partial charge is 0.463 e. The van der Waals surface area contributed by atoms with Gasteiger partial charge in [-0.1, -0.05) is 17.8 Å². The summed E-state index contributed by atoms with van der Waals surface area (Å²) in [7, 11) is 1.31. The van der Waals surface area contributed by atoms with Crippen molar-refractivity contribution >= 4 is 17.7 Å². The number of hydrogen-bond acceptors (Lipinski definition) is 7. The Morgan fingerprint density at radius 2 is 2.10 bits per heavy atom. The van der Waals surface area contributed by atoms with Crippen LogP contribution in [0.4, 0.5) is 0 Å². The van der Waals surface area contributed by atoms with Gasteiger partial charge >= 0.3 is 11.7 Å². The molecule has 0 aliphatic heterocycles. The molecule has 0 bridgehead atoms. The molecule has 29 heavy (non-hydrogen) atoms. The fraction of sp³-hybridized carbons (Fsp3) is 0.333. The second-order valence-electron chi connectivity index (χ2n) is 6.79. The summed E-state index contributed by atoms with van der Waals surface area (Å²) >= 11 is 1.46. The first-order chi connectivity index (χ1) is 14.2. The van der Waals surface area contributed by atoms with Crippen LogP contribution in [0.15, 0.2) is 50.8 Å². The maximum Gasteiger partial charge on any atom is 0.373 e. The number of rotatable bonds is 6. The standard InChI is InChI=1S/C21H21N3O4S/c1-27-20(25)18-10-9-15(28-18)13-29-19-16-7-2-3-8-17(16)24(21(26)23-19)12-14-6-4-5-11-22-14/h4-6,9-11H,2-3,7-8,12-13H2,1H3. The third kappa shape index (κ3) is 4.27. The van der Waals surface area contributed by atoms with Gasteiger partial charge in [0.2, 0.25) is 5.76 Å². The molecule has 3 aromatic rings. The van der Waals surface area contributed by atoms with Crippen molar-refractivity contribution in [3.05, 3.63) is 75.5 Å². The zero-order chi connectivity index (χ0) is 20.2. The molecule has 3 aromatic heterocycles. The number of nitrogens with zero attached hydrogens (tertiary/aromatic N) is 3. The van der Waals surface area contributed by atoms with Crippen LogP contribution < -0.4 is 5.69 Å². The molecule has 0 atom stereocenters. The van der Waals surface area contributed by atoms with Crippen LogP contribution in [0.1, 0.15) is 46.1 Å². The number of carbonyl (C=O) groups is 1. The van der Waals surface area contributed by atoms with Crippen LogP contribution in [-0.4, -0.2) is 27.6 Å². The van der Waals surface area contributed by atoms with Crippen molar-refractivity contribution in [3.8, 4) is 0 Å². The molecular weight excluding hydrogens is 390 g/mol. The molecule has 0 spiro atoms. The molecule has 0 aromatic carbocycles. The lowest BCUT2D eigenvalue weighted by Gasteiger charge is -2.22. The van der Waals surface area contributed by atoms with Gasteiger partial charge in [-0.3, -0.25) is 9.55 Å². The molecule has 1 aliphatic rings. The van der Waals surface area contributed by atoms with E-state index in [1.54, 1.807) is 22.9 Å². The summed E-state index contributed by atoms with van der Waals surface area (Å²) < 4.78 is 11.9. The van der Waals surface area contributed by atoms with Crippen molar-refractivity contribution in [3.63, 3.8) is 0 Å². The fourth-order valence-electron chi connectivity index (χ4n) is 3.49. The highest BCUT2D eigenvalue weighted by atomic mass is 32.2. The second kappa shape index (κ2) is 8.65. The molecule has 8 heteroatoms. The molecule has 7 nitrogen and oxygen atoms in total. The number of carbonyl (C=O) groups excluding carboxylic acids is 1. The van der Waals surface area contributed by atoms with Gasteiger partial charge in [0.1, 0.15) is 10.8 Å². The molecule has 0 fully saturated rings. The Labute approximate surface area is 172 Å². The van der Waals surface area contributed by atoms with Gasteiger partial charge in [0, 0.05) is 17.5 Å². The lowest BCUT2D eigenvalue weighted by Crippen LogP contribution is -2.30. The van der Waals surface area contributed by atoms with Crippen molar-refractivity contribution in [1.29, 1.82) is 0 Å². The first-order valence-electron chi connectivity index (χ1n) is 9.48. The smallest absolute Gasteiger partial charge is 0.373 e. The minimum atomic E-state index is -0.506. The summed E-state index contributed by atoms with van der Waals surface area (Å²) in [5.41, 5.74) is 2.78.